The molecule has 0 aliphatic carbocycles. The highest BCUT2D eigenvalue weighted by Gasteiger charge is 2.19. The number of nitriles is 1. The van der Waals surface area contributed by atoms with Crippen molar-refractivity contribution in [3.8, 4) is 11.8 Å². The van der Waals surface area contributed by atoms with E-state index in [0.29, 0.717) is 20.8 Å². The number of rotatable bonds is 7. The molecule has 0 saturated carbocycles. The lowest BCUT2D eigenvalue weighted by Gasteiger charge is -2.11. The number of benzene rings is 3. The molecule has 0 saturated heterocycles. The van der Waals surface area contributed by atoms with Crippen LogP contribution in [0.4, 0.5) is 11.4 Å². The fraction of sp³-hybridized carbons (Fsp3) is 0.0435. The standard InChI is InChI=1S/C23H13BrCl3N3O4/c24-16-3-6-21(34-12-13-1-4-17(25)5-2-13)14(8-16)7-15(11-28)23(31)29-22-19(26)9-18(30(32)33)10-20(22)27/h1-10H,12H2,(H,29,31)/b15-7+. The van der Waals surface area contributed by atoms with Crippen molar-refractivity contribution in [2.75, 3.05) is 5.32 Å². The number of anilines is 1. The molecule has 34 heavy (non-hydrogen) atoms. The van der Waals surface area contributed by atoms with Crippen molar-refractivity contribution in [3.63, 3.8) is 0 Å². The number of hydrogen-bond donors (Lipinski definition) is 1. The van der Waals surface area contributed by atoms with E-state index < -0.39 is 10.8 Å². The van der Waals surface area contributed by atoms with E-state index in [-0.39, 0.29) is 33.6 Å². The summed E-state index contributed by atoms with van der Waals surface area (Å²) in [5.41, 5.74) is 0.702. The number of nitro benzene ring substituents is 1. The van der Waals surface area contributed by atoms with Crippen LogP contribution in [-0.4, -0.2) is 10.8 Å². The fourth-order valence-corrected chi connectivity index (χ4v) is 3.85. The van der Waals surface area contributed by atoms with Gasteiger partial charge in [0.15, 0.2) is 0 Å². The molecule has 0 atom stereocenters. The van der Waals surface area contributed by atoms with Crippen molar-refractivity contribution in [1.29, 1.82) is 5.26 Å². The van der Waals surface area contributed by atoms with Crippen LogP contribution in [0.5, 0.6) is 5.75 Å². The van der Waals surface area contributed by atoms with Gasteiger partial charge in [-0.25, -0.2) is 0 Å². The first-order valence-electron chi connectivity index (χ1n) is 9.41. The Morgan fingerprint density at radius 1 is 1.12 bits per heavy atom. The molecule has 3 aromatic carbocycles. The van der Waals surface area contributed by atoms with Gasteiger partial charge >= 0.3 is 0 Å². The molecule has 0 aromatic heterocycles. The quantitative estimate of drug-likeness (QED) is 0.135. The number of hydrogen-bond acceptors (Lipinski definition) is 5. The average molecular weight is 582 g/mol. The molecule has 0 aliphatic heterocycles. The Hall–Kier alpha value is -3.09. The summed E-state index contributed by atoms with van der Waals surface area (Å²) in [5, 5.41) is 23.3. The van der Waals surface area contributed by atoms with Gasteiger partial charge in [0, 0.05) is 27.2 Å². The van der Waals surface area contributed by atoms with Crippen LogP contribution in [0.15, 0.2) is 64.6 Å². The Kier molecular flexibility index (Phi) is 8.53. The Morgan fingerprint density at radius 2 is 1.76 bits per heavy atom. The van der Waals surface area contributed by atoms with Crippen molar-refractivity contribution in [3.05, 3.63) is 101 Å². The predicted octanol–water partition coefficient (Wildman–Crippen LogP) is 7.44. The van der Waals surface area contributed by atoms with Gasteiger partial charge in [0.1, 0.15) is 24.0 Å². The van der Waals surface area contributed by atoms with Gasteiger partial charge < -0.3 is 10.1 Å². The molecule has 1 N–H and O–H groups in total. The van der Waals surface area contributed by atoms with Crippen LogP contribution >= 0.6 is 50.7 Å². The number of carbonyl (C=O) groups excluding carboxylic acids is 1. The summed E-state index contributed by atoms with van der Waals surface area (Å²) in [6.45, 7) is 0.238. The maximum absolute atomic E-state index is 12.8. The summed E-state index contributed by atoms with van der Waals surface area (Å²) in [5.74, 6) is -0.367. The first-order chi connectivity index (χ1) is 16.2. The number of amides is 1. The van der Waals surface area contributed by atoms with E-state index in [1.807, 2.05) is 18.2 Å². The maximum atomic E-state index is 12.8. The largest absolute Gasteiger partial charge is 0.488 e. The van der Waals surface area contributed by atoms with E-state index in [9.17, 15) is 20.2 Å². The van der Waals surface area contributed by atoms with Gasteiger partial charge in [-0.2, -0.15) is 5.26 Å². The molecule has 1 amide bonds. The third-order valence-electron chi connectivity index (χ3n) is 4.42. The van der Waals surface area contributed by atoms with Gasteiger partial charge in [-0.1, -0.05) is 62.9 Å². The Labute approximate surface area is 217 Å². The van der Waals surface area contributed by atoms with Gasteiger partial charge in [-0.05, 0) is 42.0 Å². The van der Waals surface area contributed by atoms with Crippen molar-refractivity contribution in [2.45, 2.75) is 6.61 Å². The minimum Gasteiger partial charge on any atom is -0.488 e. The van der Waals surface area contributed by atoms with Crippen LogP contribution in [0.1, 0.15) is 11.1 Å². The highest BCUT2D eigenvalue weighted by atomic mass is 79.9. The fourth-order valence-electron chi connectivity index (χ4n) is 2.77. The first-order valence-corrected chi connectivity index (χ1v) is 11.3. The summed E-state index contributed by atoms with van der Waals surface area (Å²) in [6.07, 6.45) is 1.35. The molecule has 7 nitrogen and oxygen atoms in total. The van der Waals surface area contributed by atoms with Crippen LogP contribution in [-0.2, 0) is 11.4 Å². The summed E-state index contributed by atoms with van der Waals surface area (Å²) in [4.78, 5) is 23.0. The van der Waals surface area contributed by atoms with E-state index in [2.05, 4.69) is 21.2 Å². The summed E-state index contributed by atoms with van der Waals surface area (Å²) in [6, 6.07) is 16.2. The second-order valence-electron chi connectivity index (χ2n) is 6.76. The molecule has 0 aliphatic rings. The van der Waals surface area contributed by atoms with E-state index in [1.54, 1.807) is 30.3 Å². The van der Waals surface area contributed by atoms with Crippen LogP contribution in [0.25, 0.3) is 6.08 Å². The minimum atomic E-state index is -0.802. The van der Waals surface area contributed by atoms with E-state index >= 15 is 0 Å². The maximum Gasteiger partial charge on any atom is 0.272 e. The number of carbonyl (C=O) groups is 1. The van der Waals surface area contributed by atoms with Gasteiger partial charge in [0.2, 0.25) is 0 Å². The summed E-state index contributed by atoms with van der Waals surface area (Å²) in [7, 11) is 0. The van der Waals surface area contributed by atoms with E-state index in [0.717, 1.165) is 17.7 Å². The monoisotopic (exact) mass is 579 g/mol. The molecular weight excluding hydrogens is 569 g/mol. The van der Waals surface area contributed by atoms with Crippen LogP contribution in [0, 0.1) is 21.4 Å². The zero-order valence-corrected chi connectivity index (χ0v) is 20.9. The number of nitrogens with one attached hydrogen (secondary N) is 1. The van der Waals surface area contributed by atoms with Gasteiger partial charge in [0.25, 0.3) is 11.6 Å². The van der Waals surface area contributed by atoms with Crippen molar-refractivity contribution in [1.82, 2.24) is 0 Å². The highest BCUT2D eigenvalue weighted by molar-refractivity contribution is 9.10. The van der Waals surface area contributed by atoms with Gasteiger partial charge in [-0.3, -0.25) is 14.9 Å². The zero-order valence-electron chi connectivity index (χ0n) is 17.0. The van der Waals surface area contributed by atoms with Gasteiger partial charge in [-0.15, -0.1) is 0 Å². The summed E-state index contributed by atoms with van der Waals surface area (Å²) < 4.78 is 6.58. The van der Waals surface area contributed by atoms with Crippen LogP contribution in [0.3, 0.4) is 0 Å². The second kappa shape index (κ2) is 11.4. The number of nitro groups is 1. The lowest BCUT2D eigenvalue weighted by molar-refractivity contribution is -0.384. The van der Waals surface area contributed by atoms with Crippen LogP contribution < -0.4 is 10.1 Å². The third-order valence-corrected chi connectivity index (χ3v) is 5.76. The van der Waals surface area contributed by atoms with Crippen molar-refractivity contribution in [2.24, 2.45) is 0 Å². The lowest BCUT2D eigenvalue weighted by Crippen LogP contribution is -2.14. The molecule has 0 bridgehead atoms. The Morgan fingerprint density at radius 3 is 2.35 bits per heavy atom. The molecule has 3 aromatic rings. The third kappa shape index (κ3) is 6.49. The number of halogens is 4. The van der Waals surface area contributed by atoms with E-state index in [4.69, 9.17) is 39.5 Å². The number of ether oxygens (including phenoxy) is 1. The molecule has 3 rings (SSSR count). The normalized spacial score (nSPS) is 11.0. The Balaban J connectivity index is 1.86. The molecule has 172 valence electrons. The van der Waals surface area contributed by atoms with Gasteiger partial charge in [0.05, 0.1) is 20.7 Å². The number of nitrogens with zero attached hydrogens (tertiary/aromatic N) is 2. The first kappa shape index (κ1) is 25.5. The SMILES string of the molecule is N#C/C(=C\c1cc(Br)ccc1OCc1ccc(Cl)cc1)C(=O)Nc1c(Cl)cc([N+](=O)[O-])cc1Cl. The van der Waals surface area contributed by atoms with Crippen molar-refractivity contribution < 1.29 is 14.5 Å². The number of non-ortho nitro benzene ring substituents is 1. The summed E-state index contributed by atoms with van der Waals surface area (Å²) >= 11 is 21.4. The Bertz CT molecular complexity index is 1320. The van der Waals surface area contributed by atoms with Crippen molar-refractivity contribution >= 4 is 74.1 Å². The topological polar surface area (TPSA) is 105 Å². The molecule has 0 heterocycles. The smallest absolute Gasteiger partial charge is 0.272 e. The molecule has 0 spiro atoms. The minimum absolute atomic E-state index is 0.0477. The second-order valence-corrected chi connectivity index (χ2v) is 8.93. The molecule has 0 radical (unpaired) electrons. The molecular formula is C23H13BrCl3N3O4. The average Bonchev–Trinajstić information content (AvgIpc) is 2.79. The molecule has 11 heteroatoms. The zero-order chi connectivity index (χ0) is 24.8. The highest BCUT2D eigenvalue weighted by Crippen LogP contribution is 2.35. The molecule has 0 unspecified atom stereocenters. The predicted molar refractivity (Wildman–Crippen MR) is 135 cm³/mol. The lowest BCUT2D eigenvalue weighted by atomic mass is 10.1. The van der Waals surface area contributed by atoms with Crippen LogP contribution in [0.2, 0.25) is 15.1 Å². The molecule has 0 fully saturated rings. The van der Waals surface area contributed by atoms with E-state index in [1.165, 1.54) is 6.08 Å².